The normalized spacial score (nSPS) is 18.3. The van der Waals surface area contributed by atoms with E-state index < -0.39 is 29.9 Å². The van der Waals surface area contributed by atoms with Crippen molar-refractivity contribution < 1.29 is 18.7 Å². The van der Waals surface area contributed by atoms with Gasteiger partial charge in [0.15, 0.2) is 5.54 Å². The molecule has 13 heavy (non-hydrogen) atoms. The van der Waals surface area contributed by atoms with Gasteiger partial charge in [0, 0.05) is 0 Å². The maximum atomic E-state index is 12.2. The van der Waals surface area contributed by atoms with Crippen molar-refractivity contribution in [2.24, 2.45) is 11.5 Å². The fourth-order valence-corrected chi connectivity index (χ4v) is 0.795. The van der Waals surface area contributed by atoms with Gasteiger partial charge in [-0.1, -0.05) is 0 Å². The first-order valence-corrected chi connectivity index (χ1v) is 3.94. The van der Waals surface area contributed by atoms with E-state index >= 15 is 0 Å². The molecule has 0 fully saturated rings. The van der Waals surface area contributed by atoms with Crippen LogP contribution >= 0.6 is 11.6 Å². The second-order valence-corrected chi connectivity index (χ2v) is 3.26. The molecule has 7 heteroatoms. The van der Waals surface area contributed by atoms with Crippen LogP contribution in [0, 0.1) is 0 Å². The van der Waals surface area contributed by atoms with Gasteiger partial charge in [-0.2, -0.15) is 0 Å². The van der Waals surface area contributed by atoms with Gasteiger partial charge in [-0.3, -0.25) is 0 Å². The largest absolute Gasteiger partial charge is 0.480 e. The lowest BCUT2D eigenvalue weighted by atomic mass is 9.95. The molecule has 2 unspecified atom stereocenters. The van der Waals surface area contributed by atoms with E-state index in [0.717, 1.165) is 0 Å². The van der Waals surface area contributed by atoms with Crippen molar-refractivity contribution in [1.82, 2.24) is 0 Å². The van der Waals surface area contributed by atoms with Crippen molar-refractivity contribution in [2.75, 3.05) is 0 Å². The molecule has 78 valence electrons. The first-order valence-electron chi connectivity index (χ1n) is 3.50. The molecule has 0 rings (SSSR count). The number of carboxylic acids is 1. The summed E-state index contributed by atoms with van der Waals surface area (Å²) in [5, 5.41) is 8.43. The Morgan fingerprint density at radius 3 is 2.31 bits per heavy atom. The van der Waals surface area contributed by atoms with E-state index in [1.807, 2.05) is 0 Å². The summed E-state index contributed by atoms with van der Waals surface area (Å²) in [5.41, 5.74) is 6.63. The summed E-state index contributed by atoms with van der Waals surface area (Å²) in [4.78, 5) is 10.4. The predicted molar refractivity (Wildman–Crippen MR) is 43.6 cm³/mol. The van der Waals surface area contributed by atoms with E-state index in [9.17, 15) is 13.6 Å². The monoisotopic (exact) mass is 216 g/mol. The smallest absolute Gasteiger partial charge is 0.329 e. The van der Waals surface area contributed by atoms with Crippen molar-refractivity contribution >= 4 is 17.6 Å². The van der Waals surface area contributed by atoms with E-state index in [1.54, 1.807) is 0 Å². The van der Waals surface area contributed by atoms with Crippen LogP contribution in [0.1, 0.15) is 12.8 Å². The third-order valence-corrected chi connectivity index (χ3v) is 1.84. The van der Waals surface area contributed by atoms with Crippen LogP contribution in [0.15, 0.2) is 0 Å². The minimum absolute atomic E-state index is 0.0747. The van der Waals surface area contributed by atoms with Gasteiger partial charge in [-0.25, -0.2) is 13.6 Å². The molecule has 0 aliphatic heterocycles. The lowest BCUT2D eigenvalue weighted by Gasteiger charge is -2.23. The molecule has 0 spiro atoms. The van der Waals surface area contributed by atoms with Gasteiger partial charge in [0.2, 0.25) is 0 Å². The van der Waals surface area contributed by atoms with Gasteiger partial charge in [-0.05, 0) is 12.8 Å². The number of hydrogen-bond acceptors (Lipinski definition) is 3. The van der Waals surface area contributed by atoms with Gasteiger partial charge in [0.25, 0.3) is 6.43 Å². The zero-order chi connectivity index (χ0) is 10.6. The van der Waals surface area contributed by atoms with Crippen LogP contribution in [0.2, 0.25) is 0 Å². The molecule has 0 radical (unpaired) electrons. The lowest BCUT2D eigenvalue weighted by Crippen LogP contribution is -2.54. The molecule has 0 heterocycles. The van der Waals surface area contributed by atoms with Crippen molar-refractivity contribution in [3.8, 4) is 0 Å². The molecule has 2 atom stereocenters. The van der Waals surface area contributed by atoms with Crippen LogP contribution in [-0.2, 0) is 4.79 Å². The Balaban J connectivity index is 4.34. The van der Waals surface area contributed by atoms with E-state index in [1.165, 1.54) is 0 Å². The third kappa shape index (κ3) is 3.41. The van der Waals surface area contributed by atoms with Crippen molar-refractivity contribution in [1.29, 1.82) is 0 Å². The highest BCUT2D eigenvalue weighted by Crippen LogP contribution is 2.20. The van der Waals surface area contributed by atoms with Crippen LogP contribution < -0.4 is 11.5 Å². The van der Waals surface area contributed by atoms with E-state index in [-0.39, 0.29) is 6.42 Å². The Kier molecular flexibility index (Phi) is 4.52. The summed E-state index contributed by atoms with van der Waals surface area (Å²) in [7, 11) is 0. The second-order valence-electron chi connectivity index (χ2n) is 2.70. The minimum atomic E-state index is -3.14. The van der Waals surface area contributed by atoms with Gasteiger partial charge in [0.05, 0.1) is 5.50 Å². The number of hydrogen-bond donors (Lipinski definition) is 3. The predicted octanol–water partition coefficient (Wildman–Crippen LogP) is 0.337. The quantitative estimate of drug-likeness (QED) is 0.457. The fraction of sp³-hybridized carbons (Fsp3) is 0.833. The summed E-state index contributed by atoms with van der Waals surface area (Å²) in [5.74, 6) is -1.75. The average Bonchev–Trinajstić information content (AvgIpc) is 1.99. The lowest BCUT2D eigenvalue weighted by molar-refractivity contribution is -0.150. The Labute approximate surface area is 78.8 Å². The fourth-order valence-electron chi connectivity index (χ4n) is 0.686. The number of alkyl halides is 3. The molecule has 4 nitrogen and oxygen atoms in total. The highest BCUT2D eigenvalue weighted by molar-refractivity contribution is 6.20. The zero-order valence-electron chi connectivity index (χ0n) is 6.71. The van der Waals surface area contributed by atoms with Crippen LogP contribution in [-0.4, -0.2) is 28.5 Å². The summed E-state index contributed by atoms with van der Waals surface area (Å²) < 4.78 is 24.4. The molecule has 0 aromatic carbocycles. The molecule has 0 aliphatic carbocycles. The van der Waals surface area contributed by atoms with Gasteiger partial charge in [-0.15, -0.1) is 11.6 Å². The maximum Gasteiger partial charge on any atom is 0.329 e. The molecule has 5 N–H and O–H groups in total. The molecular formula is C6H11ClF2N2O2. The summed E-state index contributed by atoms with van der Waals surface area (Å²) >= 11 is 5.28. The van der Waals surface area contributed by atoms with Crippen LogP contribution in [0.25, 0.3) is 0 Å². The zero-order valence-corrected chi connectivity index (χ0v) is 7.47. The number of carboxylic acid groups (broad SMARTS) is 1. The third-order valence-electron chi connectivity index (χ3n) is 1.62. The minimum Gasteiger partial charge on any atom is -0.480 e. The number of halogens is 3. The Bertz CT molecular complexity index is 191. The van der Waals surface area contributed by atoms with Crippen LogP contribution in [0.3, 0.4) is 0 Å². The summed E-state index contributed by atoms with van der Waals surface area (Å²) in [6, 6.07) is 0. The van der Waals surface area contributed by atoms with E-state index in [0.29, 0.717) is 0 Å². The maximum absolute atomic E-state index is 12.2. The van der Waals surface area contributed by atoms with Crippen molar-refractivity contribution in [3.63, 3.8) is 0 Å². The topological polar surface area (TPSA) is 89.3 Å². The molecule has 0 aromatic rings. The summed E-state index contributed by atoms with van der Waals surface area (Å²) in [6.07, 6.45) is -3.67. The Hall–Kier alpha value is -0.460. The molecular weight excluding hydrogens is 206 g/mol. The van der Waals surface area contributed by atoms with Gasteiger partial charge in [0.1, 0.15) is 0 Å². The first-order chi connectivity index (χ1) is 5.80. The number of rotatable bonds is 5. The molecule has 0 saturated carbocycles. The van der Waals surface area contributed by atoms with Crippen LogP contribution in [0.4, 0.5) is 8.78 Å². The molecule has 0 aliphatic rings. The van der Waals surface area contributed by atoms with Crippen molar-refractivity contribution in [2.45, 2.75) is 30.3 Å². The standard InChI is InChI=1S/C6H11ClF2N2O2/c7-3(10)1-2-6(11,4(8)9)5(12)13/h3-4H,1-2,10-11H2,(H,12,13). The Morgan fingerprint density at radius 1 is 1.62 bits per heavy atom. The van der Waals surface area contributed by atoms with E-state index in [2.05, 4.69) is 0 Å². The number of nitrogens with two attached hydrogens (primary N) is 2. The number of carbonyl (C=O) groups is 1. The van der Waals surface area contributed by atoms with E-state index in [4.69, 9.17) is 28.2 Å². The number of aliphatic carboxylic acids is 1. The van der Waals surface area contributed by atoms with Gasteiger partial charge < -0.3 is 16.6 Å². The first kappa shape index (κ1) is 12.5. The Morgan fingerprint density at radius 2 is 2.08 bits per heavy atom. The molecule has 0 saturated heterocycles. The highest BCUT2D eigenvalue weighted by atomic mass is 35.5. The second kappa shape index (κ2) is 4.69. The van der Waals surface area contributed by atoms with Gasteiger partial charge >= 0.3 is 5.97 Å². The SMILES string of the molecule is NC(Cl)CCC(N)(C(=O)O)C(F)F. The molecule has 0 aromatic heterocycles. The van der Waals surface area contributed by atoms with Crippen molar-refractivity contribution in [3.05, 3.63) is 0 Å². The summed E-state index contributed by atoms with van der Waals surface area (Å²) in [6.45, 7) is 0. The molecule has 0 amide bonds. The molecule has 0 bridgehead atoms. The highest BCUT2D eigenvalue weighted by Gasteiger charge is 2.43. The van der Waals surface area contributed by atoms with Crippen LogP contribution in [0.5, 0.6) is 0 Å². The average molecular weight is 217 g/mol.